The van der Waals surface area contributed by atoms with Crippen LogP contribution in [-0.2, 0) is 12.0 Å². The fourth-order valence-electron chi connectivity index (χ4n) is 4.86. The van der Waals surface area contributed by atoms with Gasteiger partial charge in [0, 0.05) is 24.0 Å². The first-order valence-electron chi connectivity index (χ1n) is 10.8. The van der Waals surface area contributed by atoms with Crippen molar-refractivity contribution < 1.29 is 4.79 Å². The molecule has 9 heteroatoms. The molecule has 168 valence electrons. The molecule has 3 heterocycles. The number of carbonyl (C=O) groups is 1. The van der Waals surface area contributed by atoms with Crippen molar-refractivity contribution in [2.24, 2.45) is 0 Å². The topological polar surface area (TPSA) is 61.4 Å². The molecule has 1 spiro atoms. The first-order valence-corrected chi connectivity index (χ1v) is 12.6. The van der Waals surface area contributed by atoms with Crippen molar-refractivity contribution in [1.29, 1.82) is 0 Å². The zero-order valence-corrected chi connectivity index (χ0v) is 20.3. The van der Waals surface area contributed by atoms with Gasteiger partial charge in [-0.1, -0.05) is 47.1 Å². The number of thioether (sulfide) groups is 1. The van der Waals surface area contributed by atoms with Crippen LogP contribution in [0.4, 0.5) is 17.3 Å². The van der Waals surface area contributed by atoms with E-state index in [4.69, 9.17) is 23.2 Å². The van der Waals surface area contributed by atoms with Crippen molar-refractivity contribution >= 4 is 58.2 Å². The van der Waals surface area contributed by atoms with Crippen LogP contribution < -0.4 is 10.2 Å². The molecule has 3 aromatic rings. The number of halogens is 2. The maximum absolute atomic E-state index is 13.1. The second-order valence-electron chi connectivity index (χ2n) is 8.69. The van der Waals surface area contributed by atoms with Gasteiger partial charge in [-0.25, -0.2) is 9.97 Å². The second kappa shape index (κ2) is 7.87. The van der Waals surface area contributed by atoms with Crippen molar-refractivity contribution in [1.82, 2.24) is 14.9 Å². The molecule has 33 heavy (non-hydrogen) atoms. The minimum Gasteiger partial charge on any atom is -0.324 e. The summed E-state index contributed by atoms with van der Waals surface area (Å²) in [6.45, 7) is 1.08. The molecule has 1 fully saturated rings. The van der Waals surface area contributed by atoms with Gasteiger partial charge in [0.1, 0.15) is 5.03 Å². The van der Waals surface area contributed by atoms with Crippen molar-refractivity contribution in [2.45, 2.75) is 29.8 Å². The lowest BCUT2D eigenvalue weighted by Gasteiger charge is -2.35. The monoisotopic (exact) mass is 497 g/mol. The summed E-state index contributed by atoms with van der Waals surface area (Å²) in [6.07, 6.45) is 5.08. The molecule has 1 aromatic heterocycles. The number of carbonyl (C=O) groups excluding carboxylic acids is 1. The van der Waals surface area contributed by atoms with E-state index in [1.165, 1.54) is 35.7 Å². The molecular formula is C24H21Cl2N5OS. The number of fused-ring (bicyclic) bond motifs is 3. The summed E-state index contributed by atoms with van der Waals surface area (Å²) in [7, 11) is 2.23. The zero-order valence-electron chi connectivity index (χ0n) is 17.9. The van der Waals surface area contributed by atoms with Crippen molar-refractivity contribution in [3.63, 3.8) is 0 Å². The minimum absolute atomic E-state index is 0.210. The molecule has 1 saturated carbocycles. The Morgan fingerprint density at radius 2 is 1.94 bits per heavy atom. The largest absolute Gasteiger partial charge is 0.324 e. The van der Waals surface area contributed by atoms with Crippen LogP contribution in [0.2, 0.25) is 10.0 Å². The highest BCUT2D eigenvalue weighted by Crippen LogP contribution is 2.53. The van der Waals surface area contributed by atoms with Gasteiger partial charge in [0.15, 0.2) is 0 Å². The third-order valence-electron chi connectivity index (χ3n) is 6.80. The Bertz CT molecular complexity index is 1280. The molecule has 1 amide bonds. The van der Waals surface area contributed by atoms with Gasteiger partial charge in [-0.05, 0) is 61.7 Å². The Morgan fingerprint density at radius 1 is 1.15 bits per heavy atom. The van der Waals surface area contributed by atoms with E-state index in [1.807, 2.05) is 0 Å². The molecule has 0 unspecified atom stereocenters. The van der Waals surface area contributed by atoms with Gasteiger partial charge in [0.2, 0.25) is 5.95 Å². The van der Waals surface area contributed by atoms with Gasteiger partial charge in [-0.2, -0.15) is 0 Å². The first kappa shape index (κ1) is 21.2. The number of hydrogen-bond acceptors (Lipinski definition) is 6. The van der Waals surface area contributed by atoms with E-state index in [2.05, 4.69) is 45.4 Å². The fourth-order valence-corrected chi connectivity index (χ4v) is 6.41. The average Bonchev–Trinajstić information content (AvgIpc) is 3.60. The Labute approximate surface area is 206 Å². The lowest BCUT2D eigenvalue weighted by Crippen LogP contribution is -2.38. The molecular weight excluding hydrogens is 477 g/mol. The number of aromatic nitrogens is 2. The van der Waals surface area contributed by atoms with Crippen molar-refractivity contribution in [3.8, 4) is 0 Å². The maximum Gasteiger partial charge on any atom is 0.263 e. The van der Waals surface area contributed by atoms with Crippen LogP contribution in [0.1, 0.15) is 34.3 Å². The summed E-state index contributed by atoms with van der Waals surface area (Å²) < 4.78 is 0. The number of nitrogens with one attached hydrogen (secondary N) is 1. The van der Waals surface area contributed by atoms with E-state index in [0.29, 0.717) is 38.1 Å². The molecule has 1 aliphatic carbocycles. The molecule has 1 N–H and O–H groups in total. The quantitative estimate of drug-likeness (QED) is 0.467. The van der Waals surface area contributed by atoms with Crippen LogP contribution in [0.3, 0.4) is 0 Å². The number of anilines is 3. The Balaban J connectivity index is 1.25. The number of hydrogen-bond donors (Lipinski definition) is 1. The van der Waals surface area contributed by atoms with Gasteiger partial charge in [-0.15, -0.1) is 0 Å². The van der Waals surface area contributed by atoms with Crippen molar-refractivity contribution in [3.05, 3.63) is 69.3 Å². The smallest absolute Gasteiger partial charge is 0.263 e. The molecule has 3 aliphatic rings. The lowest BCUT2D eigenvalue weighted by molar-refractivity contribution is 0.0985. The summed E-state index contributed by atoms with van der Waals surface area (Å²) in [6, 6.07) is 11.8. The number of likely N-dealkylation sites (N-methyl/N-ethyl adjacent to an activating group) is 1. The lowest BCUT2D eigenvalue weighted by atomic mass is 9.90. The Hall–Kier alpha value is -2.32. The third-order valence-corrected chi connectivity index (χ3v) is 8.38. The van der Waals surface area contributed by atoms with Crippen LogP contribution >= 0.6 is 35.0 Å². The molecule has 0 atom stereocenters. The van der Waals surface area contributed by atoms with Gasteiger partial charge in [-0.3, -0.25) is 14.6 Å². The highest BCUT2D eigenvalue weighted by molar-refractivity contribution is 7.99. The van der Waals surface area contributed by atoms with Gasteiger partial charge >= 0.3 is 0 Å². The number of nitrogens with zero attached hydrogens (tertiary/aromatic N) is 4. The van der Waals surface area contributed by atoms with E-state index in [1.54, 1.807) is 29.3 Å². The summed E-state index contributed by atoms with van der Waals surface area (Å²) in [5.74, 6) is 0.644. The Morgan fingerprint density at radius 3 is 2.70 bits per heavy atom. The molecule has 6 rings (SSSR count). The number of rotatable bonds is 3. The van der Waals surface area contributed by atoms with Crippen LogP contribution in [0, 0.1) is 0 Å². The third kappa shape index (κ3) is 3.49. The summed E-state index contributed by atoms with van der Waals surface area (Å²) in [5.41, 5.74) is 5.02. The SMILES string of the molecule is CN1CCc2cc(Nc3ncc4c(n3)SCN(c3c(Cl)cccc3Cl)C4=O)ccc2C12CC2. The predicted molar refractivity (Wildman–Crippen MR) is 133 cm³/mol. The highest BCUT2D eigenvalue weighted by atomic mass is 35.5. The fraction of sp³-hybridized carbons (Fsp3) is 0.292. The number of amides is 1. The van der Waals surface area contributed by atoms with Crippen molar-refractivity contribution in [2.75, 3.05) is 29.7 Å². The van der Waals surface area contributed by atoms with Crippen LogP contribution in [0.5, 0.6) is 0 Å². The minimum atomic E-state index is -0.210. The second-order valence-corrected chi connectivity index (χ2v) is 10.4. The maximum atomic E-state index is 13.1. The molecule has 0 radical (unpaired) electrons. The van der Waals surface area contributed by atoms with Crippen LogP contribution in [-0.4, -0.2) is 40.2 Å². The number of benzene rings is 2. The zero-order chi connectivity index (χ0) is 22.7. The van der Waals surface area contributed by atoms with E-state index >= 15 is 0 Å². The predicted octanol–water partition coefficient (Wildman–Crippen LogP) is 5.71. The molecule has 2 aromatic carbocycles. The number of para-hydroxylation sites is 1. The molecule has 2 aliphatic heterocycles. The standard InChI is InChI=1S/C24H21Cl2N5OS/c1-30-10-7-14-11-15(5-6-17(14)24(30)8-9-24)28-23-27-12-16-21(29-23)33-13-31(22(16)32)20-18(25)3-2-4-19(20)26/h2-6,11-12H,7-10,13H2,1H3,(H,27,28,29). The first-order chi connectivity index (χ1) is 16.0. The Kier molecular flexibility index (Phi) is 5.07. The van der Waals surface area contributed by atoms with E-state index < -0.39 is 0 Å². The van der Waals surface area contributed by atoms with Crippen LogP contribution in [0.15, 0.2) is 47.6 Å². The summed E-state index contributed by atoms with van der Waals surface area (Å²) >= 11 is 14.1. The normalized spacial score (nSPS) is 18.8. The van der Waals surface area contributed by atoms with E-state index in [-0.39, 0.29) is 11.4 Å². The van der Waals surface area contributed by atoms with Crippen LogP contribution in [0.25, 0.3) is 0 Å². The van der Waals surface area contributed by atoms with Gasteiger partial charge < -0.3 is 5.32 Å². The van der Waals surface area contributed by atoms with Gasteiger partial charge in [0.05, 0.1) is 27.2 Å². The summed E-state index contributed by atoms with van der Waals surface area (Å²) in [4.78, 5) is 26.2. The summed E-state index contributed by atoms with van der Waals surface area (Å²) in [5, 5.41) is 4.84. The average molecular weight is 498 g/mol. The van der Waals surface area contributed by atoms with E-state index in [0.717, 1.165) is 18.7 Å². The van der Waals surface area contributed by atoms with Gasteiger partial charge in [0.25, 0.3) is 5.91 Å². The molecule has 0 bridgehead atoms. The molecule has 6 nitrogen and oxygen atoms in total. The van der Waals surface area contributed by atoms with E-state index in [9.17, 15) is 4.79 Å². The molecule has 0 saturated heterocycles. The highest BCUT2D eigenvalue weighted by Gasteiger charge is 2.50.